The third-order valence-corrected chi connectivity index (χ3v) is 5.85. The Kier molecular flexibility index (Phi) is 6.43. The van der Waals surface area contributed by atoms with Crippen molar-refractivity contribution in [2.24, 2.45) is 0 Å². The first-order valence-corrected chi connectivity index (χ1v) is 10.8. The van der Waals surface area contributed by atoms with E-state index in [9.17, 15) is 14.0 Å². The Labute approximate surface area is 176 Å². The number of rotatable bonds is 8. The summed E-state index contributed by atoms with van der Waals surface area (Å²) in [6.45, 7) is 0.836. The van der Waals surface area contributed by atoms with Crippen molar-refractivity contribution in [3.8, 4) is 0 Å². The first-order valence-electron chi connectivity index (χ1n) is 10.8. The molecule has 2 aromatic rings. The second kappa shape index (κ2) is 9.39. The first-order chi connectivity index (χ1) is 14.6. The van der Waals surface area contributed by atoms with Crippen LogP contribution in [-0.4, -0.2) is 35.3 Å². The molecule has 0 spiro atoms. The lowest BCUT2D eigenvalue weighted by Crippen LogP contribution is -2.36. The average molecular weight is 410 g/mol. The number of carbonyl (C=O) groups is 2. The van der Waals surface area contributed by atoms with Gasteiger partial charge in [0.05, 0.1) is 17.8 Å². The van der Waals surface area contributed by atoms with Gasteiger partial charge in [0.25, 0.3) is 5.91 Å². The molecule has 158 valence electrons. The molecule has 0 radical (unpaired) electrons. The molecule has 0 aliphatic heterocycles. The van der Waals surface area contributed by atoms with E-state index in [0.717, 1.165) is 44.1 Å². The predicted molar refractivity (Wildman–Crippen MR) is 115 cm³/mol. The maximum Gasteiger partial charge on any atom is 0.253 e. The van der Waals surface area contributed by atoms with Gasteiger partial charge < -0.3 is 10.6 Å². The Morgan fingerprint density at radius 2 is 1.67 bits per heavy atom. The molecule has 0 atom stereocenters. The molecule has 2 N–H and O–H groups in total. The fourth-order valence-corrected chi connectivity index (χ4v) is 4.08. The number of benzene rings is 2. The number of hydrogen-bond donors (Lipinski definition) is 2. The number of amides is 2. The van der Waals surface area contributed by atoms with Gasteiger partial charge in [0.2, 0.25) is 5.91 Å². The summed E-state index contributed by atoms with van der Waals surface area (Å²) < 4.78 is 13.2. The molecule has 0 bridgehead atoms. The van der Waals surface area contributed by atoms with Crippen molar-refractivity contribution < 1.29 is 14.0 Å². The molecule has 2 aliphatic rings. The van der Waals surface area contributed by atoms with Gasteiger partial charge in [-0.3, -0.25) is 14.5 Å². The van der Waals surface area contributed by atoms with E-state index >= 15 is 0 Å². The van der Waals surface area contributed by atoms with Gasteiger partial charge >= 0.3 is 0 Å². The molecule has 0 saturated heterocycles. The van der Waals surface area contributed by atoms with Crippen LogP contribution in [0.5, 0.6) is 0 Å². The fourth-order valence-electron chi connectivity index (χ4n) is 4.08. The van der Waals surface area contributed by atoms with E-state index in [0.29, 0.717) is 23.8 Å². The monoisotopic (exact) mass is 409 g/mol. The molecule has 2 fully saturated rings. The number of carbonyl (C=O) groups excluding carboxylic acids is 2. The molecule has 0 unspecified atom stereocenters. The van der Waals surface area contributed by atoms with Gasteiger partial charge in [-0.15, -0.1) is 0 Å². The van der Waals surface area contributed by atoms with Crippen LogP contribution in [-0.2, 0) is 11.3 Å². The summed E-state index contributed by atoms with van der Waals surface area (Å²) in [6.07, 6.45) is 6.45. The number of para-hydroxylation sites is 1. The van der Waals surface area contributed by atoms with Gasteiger partial charge in [0.1, 0.15) is 5.82 Å². The highest BCUT2D eigenvalue weighted by Crippen LogP contribution is 2.28. The zero-order valence-corrected chi connectivity index (χ0v) is 17.1. The van der Waals surface area contributed by atoms with Gasteiger partial charge in [0.15, 0.2) is 0 Å². The molecule has 2 saturated carbocycles. The third kappa shape index (κ3) is 5.45. The highest BCUT2D eigenvalue weighted by molar-refractivity contribution is 6.04. The Bertz CT molecular complexity index is 890. The van der Waals surface area contributed by atoms with Crippen molar-refractivity contribution in [3.63, 3.8) is 0 Å². The second-order valence-electron chi connectivity index (χ2n) is 8.31. The van der Waals surface area contributed by atoms with E-state index in [-0.39, 0.29) is 30.2 Å². The zero-order chi connectivity index (χ0) is 20.9. The Morgan fingerprint density at radius 1 is 0.967 bits per heavy atom. The molecule has 0 aromatic heterocycles. The van der Waals surface area contributed by atoms with Crippen molar-refractivity contribution in [2.75, 3.05) is 11.9 Å². The van der Waals surface area contributed by atoms with Crippen molar-refractivity contribution >= 4 is 17.5 Å². The zero-order valence-electron chi connectivity index (χ0n) is 17.1. The summed E-state index contributed by atoms with van der Waals surface area (Å²) in [5, 5.41) is 6.01. The van der Waals surface area contributed by atoms with Gasteiger partial charge in [-0.2, -0.15) is 0 Å². The number of hydrogen-bond acceptors (Lipinski definition) is 3. The topological polar surface area (TPSA) is 61.4 Å². The van der Waals surface area contributed by atoms with Gasteiger partial charge in [0, 0.05) is 18.6 Å². The van der Waals surface area contributed by atoms with E-state index in [1.54, 1.807) is 24.3 Å². The van der Waals surface area contributed by atoms with E-state index < -0.39 is 0 Å². The van der Waals surface area contributed by atoms with E-state index in [2.05, 4.69) is 15.5 Å². The van der Waals surface area contributed by atoms with E-state index in [1.165, 1.54) is 12.1 Å². The lowest BCUT2D eigenvalue weighted by atomic mass is 10.1. The van der Waals surface area contributed by atoms with Crippen molar-refractivity contribution in [3.05, 3.63) is 65.5 Å². The normalized spacial score (nSPS) is 16.6. The average Bonchev–Trinajstić information content (AvgIpc) is 3.46. The number of halogens is 1. The largest absolute Gasteiger partial charge is 0.349 e. The van der Waals surface area contributed by atoms with Crippen LogP contribution < -0.4 is 10.6 Å². The minimum absolute atomic E-state index is 0.136. The summed E-state index contributed by atoms with van der Waals surface area (Å²) >= 11 is 0. The third-order valence-electron chi connectivity index (χ3n) is 5.85. The SMILES string of the molecule is O=C(CN(Cc1ccc(F)cc1)C1CC1)Nc1ccccc1C(=O)NC1CCCC1. The molecule has 6 heteroatoms. The Hall–Kier alpha value is -2.73. The summed E-state index contributed by atoms with van der Waals surface area (Å²) in [5.74, 6) is -0.546. The van der Waals surface area contributed by atoms with E-state index in [1.807, 2.05) is 12.1 Å². The molecule has 5 nitrogen and oxygen atoms in total. The highest BCUT2D eigenvalue weighted by Gasteiger charge is 2.30. The quantitative estimate of drug-likeness (QED) is 0.690. The lowest BCUT2D eigenvalue weighted by Gasteiger charge is -2.22. The smallest absolute Gasteiger partial charge is 0.253 e. The predicted octanol–water partition coefficient (Wildman–Crippen LogP) is 4.10. The van der Waals surface area contributed by atoms with Crippen LogP contribution in [0.4, 0.5) is 10.1 Å². The lowest BCUT2D eigenvalue weighted by molar-refractivity contribution is -0.117. The summed E-state index contributed by atoms with van der Waals surface area (Å²) in [7, 11) is 0. The van der Waals surface area contributed by atoms with E-state index in [4.69, 9.17) is 0 Å². The first kappa shape index (κ1) is 20.5. The minimum Gasteiger partial charge on any atom is -0.349 e. The molecule has 2 aromatic carbocycles. The number of nitrogens with one attached hydrogen (secondary N) is 2. The van der Waals surface area contributed by atoms with Crippen LogP contribution in [0.3, 0.4) is 0 Å². The van der Waals surface area contributed by atoms with Gasteiger partial charge in [-0.1, -0.05) is 37.1 Å². The summed E-state index contributed by atoms with van der Waals surface area (Å²) in [6, 6.07) is 14.1. The molecule has 2 amide bonds. The van der Waals surface area contributed by atoms with Crippen LogP contribution in [0.2, 0.25) is 0 Å². The molecule has 4 rings (SSSR count). The van der Waals surface area contributed by atoms with Gasteiger partial charge in [-0.05, 0) is 55.5 Å². The van der Waals surface area contributed by atoms with Crippen LogP contribution in [0.15, 0.2) is 48.5 Å². The van der Waals surface area contributed by atoms with Crippen LogP contribution in [0.25, 0.3) is 0 Å². The number of anilines is 1. The van der Waals surface area contributed by atoms with Crippen molar-refractivity contribution in [1.82, 2.24) is 10.2 Å². The molecule has 2 aliphatic carbocycles. The Balaban J connectivity index is 1.39. The molecular formula is C24H28FN3O2. The Morgan fingerprint density at radius 3 is 2.37 bits per heavy atom. The second-order valence-corrected chi connectivity index (χ2v) is 8.31. The maximum atomic E-state index is 13.2. The van der Waals surface area contributed by atoms with Gasteiger partial charge in [-0.25, -0.2) is 4.39 Å². The fraction of sp³-hybridized carbons (Fsp3) is 0.417. The minimum atomic E-state index is -0.262. The van der Waals surface area contributed by atoms with Crippen molar-refractivity contribution in [1.29, 1.82) is 0 Å². The maximum absolute atomic E-state index is 13.2. The van der Waals surface area contributed by atoms with Crippen LogP contribution in [0.1, 0.15) is 54.4 Å². The van der Waals surface area contributed by atoms with Crippen LogP contribution in [0, 0.1) is 5.82 Å². The molecule has 0 heterocycles. The summed E-state index contributed by atoms with van der Waals surface area (Å²) in [5.41, 5.74) is 2.01. The molecule has 30 heavy (non-hydrogen) atoms. The highest BCUT2D eigenvalue weighted by atomic mass is 19.1. The van der Waals surface area contributed by atoms with Crippen molar-refractivity contribution in [2.45, 2.75) is 57.2 Å². The standard InChI is InChI=1S/C24H28FN3O2/c25-18-11-9-17(10-12-18)15-28(20-13-14-20)16-23(29)27-22-8-4-3-7-21(22)24(30)26-19-5-1-2-6-19/h3-4,7-12,19-20H,1-2,5-6,13-16H2,(H,26,30)(H,27,29). The number of nitrogens with zero attached hydrogens (tertiary/aromatic N) is 1. The summed E-state index contributed by atoms with van der Waals surface area (Å²) in [4.78, 5) is 27.6. The van der Waals surface area contributed by atoms with Crippen LogP contribution >= 0.6 is 0 Å². The molecular weight excluding hydrogens is 381 g/mol.